The minimum atomic E-state index is -1.34. The standard InChI is InChI=1S/C19H26ClN3O6/c20-14-6-4-13(5-7-14)11-21-10-2-1-3-15(12-24)22-19(29)23-16(18(27)28)8-9-17(25)26/h4-7,12,15-16,21H,1-3,8-11H2,(H,25,26)(H,27,28)(H2,22,23,29)/t15-,16-/m0/s1. The van der Waals surface area contributed by atoms with Crippen molar-refractivity contribution in [1.29, 1.82) is 0 Å². The molecular weight excluding hydrogens is 402 g/mol. The van der Waals surface area contributed by atoms with E-state index in [9.17, 15) is 19.2 Å². The Morgan fingerprint density at radius 1 is 1.03 bits per heavy atom. The molecule has 2 atom stereocenters. The Morgan fingerprint density at radius 2 is 1.72 bits per heavy atom. The molecule has 2 amide bonds. The number of carboxylic acids is 2. The predicted molar refractivity (Wildman–Crippen MR) is 107 cm³/mol. The van der Waals surface area contributed by atoms with Crippen molar-refractivity contribution < 1.29 is 29.4 Å². The van der Waals surface area contributed by atoms with Crippen molar-refractivity contribution in [1.82, 2.24) is 16.0 Å². The lowest BCUT2D eigenvalue weighted by atomic mass is 10.1. The van der Waals surface area contributed by atoms with E-state index in [2.05, 4.69) is 16.0 Å². The Morgan fingerprint density at radius 3 is 2.31 bits per heavy atom. The highest BCUT2D eigenvalue weighted by Gasteiger charge is 2.22. The van der Waals surface area contributed by atoms with Crippen LogP contribution in [0.2, 0.25) is 5.02 Å². The van der Waals surface area contributed by atoms with Crippen LogP contribution in [0.3, 0.4) is 0 Å². The first-order valence-corrected chi connectivity index (χ1v) is 9.61. The van der Waals surface area contributed by atoms with Crippen LogP contribution in [0.25, 0.3) is 0 Å². The van der Waals surface area contributed by atoms with Gasteiger partial charge in [-0.2, -0.15) is 0 Å². The van der Waals surface area contributed by atoms with Crippen molar-refractivity contribution in [2.45, 2.75) is 50.7 Å². The van der Waals surface area contributed by atoms with Crippen LogP contribution in [-0.4, -0.2) is 53.1 Å². The summed E-state index contributed by atoms with van der Waals surface area (Å²) in [4.78, 5) is 44.6. The molecule has 29 heavy (non-hydrogen) atoms. The number of unbranched alkanes of at least 4 members (excludes halogenated alkanes) is 1. The van der Waals surface area contributed by atoms with Gasteiger partial charge >= 0.3 is 18.0 Å². The average Bonchev–Trinajstić information content (AvgIpc) is 2.67. The van der Waals surface area contributed by atoms with Crippen molar-refractivity contribution in [3.8, 4) is 0 Å². The lowest BCUT2D eigenvalue weighted by Gasteiger charge is -2.17. The number of aliphatic carboxylic acids is 2. The molecule has 0 heterocycles. The van der Waals surface area contributed by atoms with Gasteiger partial charge in [-0.1, -0.05) is 23.7 Å². The summed E-state index contributed by atoms with van der Waals surface area (Å²) in [6.07, 6.45) is 1.83. The molecule has 0 saturated heterocycles. The van der Waals surface area contributed by atoms with E-state index in [-0.39, 0.29) is 6.42 Å². The first-order chi connectivity index (χ1) is 13.8. The number of carbonyl (C=O) groups is 4. The highest BCUT2D eigenvalue weighted by molar-refractivity contribution is 6.30. The molecule has 0 spiro atoms. The third-order valence-electron chi connectivity index (χ3n) is 4.09. The third-order valence-corrected chi connectivity index (χ3v) is 4.34. The maximum absolute atomic E-state index is 11.9. The van der Waals surface area contributed by atoms with Crippen LogP contribution < -0.4 is 16.0 Å². The number of rotatable bonds is 14. The van der Waals surface area contributed by atoms with Crippen LogP contribution in [0.5, 0.6) is 0 Å². The molecule has 0 radical (unpaired) electrons. The molecule has 0 aromatic heterocycles. The summed E-state index contributed by atoms with van der Waals surface area (Å²) in [6.45, 7) is 1.43. The van der Waals surface area contributed by atoms with E-state index in [0.717, 1.165) is 18.5 Å². The zero-order valence-corrected chi connectivity index (χ0v) is 16.7. The molecule has 10 heteroatoms. The smallest absolute Gasteiger partial charge is 0.326 e. The average molecular weight is 428 g/mol. The number of amides is 2. The normalized spacial score (nSPS) is 12.6. The summed E-state index contributed by atoms with van der Waals surface area (Å²) in [5, 5.41) is 26.2. The third kappa shape index (κ3) is 11.1. The van der Waals surface area contributed by atoms with E-state index in [4.69, 9.17) is 21.8 Å². The van der Waals surface area contributed by atoms with Crippen molar-refractivity contribution in [2.24, 2.45) is 0 Å². The maximum atomic E-state index is 11.9. The molecule has 0 aliphatic carbocycles. The van der Waals surface area contributed by atoms with Crippen molar-refractivity contribution in [3.63, 3.8) is 0 Å². The molecule has 0 saturated carbocycles. The number of urea groups is 1. The number of carboxylic acid groups (broad SMARTS) is 2. The van der Waals surface area contributed by atoms with E-state index in [1.165, 1.54) is 0 Å². The largest absolute Gasteiger partial charge is 0.481 e. The zero-order chi connectivity index (χ0) is 21.6. The lowest BCUT2D eigenvalue weighted by molar-refractivity contribution is -0.140. The maximum Gasteiger partial charge on any atom is 0.326 e. The number of hydrogen-bond donors (Lipinski definition) is 5. The van der Waals surface area contributed by atoms with Gasteiger partial charge in [0.05, 0.1) is 6.04 Å². The van der Waals surface area contributed by atoms with Gasteiger partial charge in [-0.3, -0.25) is 4.79 Å². The molecule has 1 rings (SSSR count). The molecule has 5 N–H and O–H groups in total. The van der Waals surface area contributed by atoms with Crippen LogP contribution in [0.15, 0.2) is 24.3 Å². The Balaban J connectivity index is 2.25. The Kier molecular flexibility index (Phi) is 11.4. The first kappa shape index (κ1) is 24.4. The number of nitrogens with one attached hydrogen (secondary N) is 3. The monoisotopic (exact) mass is 427 g/mol. The van der Waals surface area contributed by atoms with Crippen molar-refractivity contribution >= 4 is 35.9 Å². The topological polar surface area (TPSA) is 145 Å². The van der Waals surface area contributed by atoms with Gasteiger partial charge in [-0.25, -0.2) is 9.59 Å². The van der Waals surface area contributed by atoms with Crippen LogP contribution in [0, 0.1) is 0 Å². The number of carbonyl (C=O) groups excluding carboxylic acids is 2. The SMILES string of the molecule is O=C[C@H](CCCCNCc1ccc(Cl)cc1)NC(=O)N[C@@H](CCC(=O)O)C(=O)O. The van der Waals surface area contributed by atoms with E-state index < -0.39 is 36.5 Å². The molecule has 0 aliphatic rings. The summed E-state index contributed by atoms with van der Waals surface area (Å²) in [5.74, 6) is -2.50. The second kappa shape index (κ2) is 13.5. The number of aldehydes is 1. The summed E-state index contributed by atoms with van der Waals surface area (Å²) < 4.78 is 0. The molecule has 9 nitrogen and oxygen atoms in total. The summed E-state index contributed by atoms with van der Waals surface area (Å²) in [7, 11) is 0. The zero-order valence-electron chi connectivity index (χ0n) is 15.9. The number of halogens is 1. The molecular formula is C19H26ClN3O6. The van der Waals surface area contributed by atoms with Gasteiger partial charge in [0, 0.05) is 18.0 Å². The fourth-order valence-corrected chi connectivity index (χ4v) is 2.64. The molecule has 0 aliphatic heterocycles. The Labute approximate surface area is 173 Å². The number of benzene rings is 1. The Hall–Kier alpha value is -2.65. The van der Waals surface area contributed by atoms with Crippen LogP contribution in [-0.2, 0) is 20.9 Å². The van der Waals surface area contributed by atoms with Gasteiger partial charge < -0.3 is 31.0 Å². The molecule has 0 unspecified atom stereocenters. The van der Waals surface area contributed by atoms with E-state index in [0.29, 0.717) is 30.7 Å². The fourth-order valence-electron chi connectivity index (χ4n) is 2.52. The highest BCUT2D eigenvalue weighted by Crippen LogP contribution is 2.09. The Bertz CT molecular complexity index is 683. The highest BCUT2D eigenvalue weighted by atomic mass is 35.5. The molecule has 160 valence electrons. The second-order valence-electron chi connectivity index (χ2n) is 6.48. The molecule has 0 bridgehead atoms. The van der Waals surface area contributed by atoms with Crippen molar-refractivity contribution in [3.05, 3.63) is 34.9 Å². The van der Waals surface area contributed by atoms with Gasteiger partial charge in [0.2, 0.25) is 0 Å². The number of hydrogen-bond acceptors (Lipinski definition) is 5. The van der Waals surface area contributed by atoms with Crippen LogP contribution in [0.1, 0.15) is 37.7 Å². The quantitative estimate of drug-likeness (QED) is 0.225. The van der Waals surface area contributed by atoms with Crippen molar-refractivity contribution in [2.75, 3.05) is 6.54 Å². The second-order valence-corrected chi connectivity index (χ2v) is 6.92. The summed E-state index contributed by atoms with van der Waals surface area (Å²) in [6, 6.07) is 4.60. The minimum Gasteiger partial charge on any atom is -0.481 e. The molecule has 1 aromatic carbocycles. The summed E-state index contributed by atoms with van der Waals surface area (Å²) in [5.41, 5.74) is 1.11. The van der Waals surface area contributed by atoms with Gasteiger partial charge in [0.15, 0.2) is 0 Å². The lowest BCUT2D eigenvalue weighted by Crippen LogP contribution is -2.49. The fraction of sp³-hybridized carbons (Fsp3) is 0.474. The van der Waals surface area contributed by atoms with Gasteiger partial charge in [0.25, 0.3) is 0 Å². The predicted octanol–water partition coefficient (Wildman–Crippen LogP) is 1.78. The molecule has 1 aromatic rings. The first-order valence-electron chi connectivity index (χ1n) is 9.24. The summed E-state index contributed by atoms with van der Waals surface area (Å²) >= 11 is 5.83. The van der Waals surface area contributed by atoms with Crippen LogP contribution in [0.4, 0.5) is 4.79 Å². The molecule has 0 fully saturated rings. The van der Waals surface area contributed by atoms with Gasteiger partial charge in [-0.15, -0.1) is 0 Å². The van der Waals surface area contributed by atoms with Gasteiger partial charge in [0.1, 0.15) is 12.3 Å². The van der Waals surface area contributed by atoms with E-state index in [1.54, 1.807) is 0 Å². The van der Waals surface area contributed by atoms with Crippen LogP contribution >= 0.6 is 11.6 Å². The van der Waals surface area contributed by atoms with E-state index in [1.807, 2.05) is 24.3 Å². The van der Waals surface area contributed by atoms with E-state index >= 15 is 0 Å². The van der Waals surface area contributed by atoms with Gasteiger partial charge in [-0.05, 0) is 49.9 Å². The minimum absolute atomic E-state index is 0.247.